The SMILES string of the molecule is CCCC=C1CNC1. The second kappa shape index (κ2) is 2.88. The zero-order valence-corrected chi connectivity index (χ0v) is 5.41. The summed E-state index contributed by atoms with van der Waals surface area (Å²) in [6.45, 7) is 4.49. The van der Waals surface area contributed by atoms with Gasteiger partial charge in [0.2, 0.25) is 0 Å². The quantitative estimate of drug-likeness (QED) is 0.530. The van der Waals surface area contributed by atoms with Gasteiger partial charge in [0.1, 0.15) is 0 Å². The lowest BCUT2D eigenvalue weighted by atomic mass is 10.1. The molecule has 1 saturated heterocycles. The standard InChI is InChI=1S/C7H13N/c1-2-3-4-7-5-8-6-7/h4,8H,2-3,5-6H2,1H3. The van der Waals surface area contributed by atoms with Gasteiger partial charge in [-0.25, -0.2) is 0 Å². The van der Waals surface area contributed by atoms with Crippen molar-refractivity contribution in [1.29, 1.82) is 0 Å². The molecule has 0 radical (unpaired) electrons. The summed E-state index contributed by atoms with van der Waals surface area (Å²) in [6, 6.07) is 0. The predicted molar refractivity (Wildman–Crippen MR) is 35.9 cm³/mol. The first-order valence-corrected chi connectivity index (χ1v) is 3.32. The monoisotopic (exact) mass is 111 g/mol. The number of hydrogen-bond donors (Lipinski definition) is 1. The van der Waals surface area contributed by atoms with Crippen molar-refractivity contribution in [1.82, 2.24) is 5.32 Å². The van der Waals surface area contributed by atoms with Gasteiger partial charge in [-0.1, -0.05) is 19.4 Å². The summed E-state index contributed by atoms with van der Waals surface area (Å²) in [4.78, 5) is 0. The lowest BCUT2D eigenvalue weighted by Gasteiger charge is -2.17. The minimum absolute atomic E-state index is 1.14. The third-order valence-corrected chi connectivity index (χ3v) is 1.43. The van der Waals surface area contributed by atoms with E-state index in [9.17, 15) is 0 Å². The third-order valence-electron chi connectivity index (χ3n) is 1.43. The zero-order chi connectivity index (χ0) is 5.82. The molecule has 0 bridgehead atoms. The van der Waals surface area contributed by atoms with Crippen molar-refractivity contribution >= 4 is 0 Å². The van der Waals surface area contributed by atoms with E-state index < -0.39 is 0 Å². The van der Waals surface area contributed by atoms with Gasteiger partial charge in [-0.2, -0.15) is 0 Å². The van der Waals surface area contributed by atoms with Crippen LogP contribution in [0.5, 0.6) is 0 Å². The van der Waals surface area contributed by atoms with E-state index in [1.807, 2.05) is 0 Å². The van der Waals surface area contributed by atoms with Gasteiger partial charge in [0, 0.05) is 13.1 Å². The van der Waals surface area contributed by atoms with Crippen LogP contribution in [-0.2, 0) is 0 Å². The van der Waals surface area contributed by atoms with E-state index in [1.165, 1.54) is 12.8 Å². The van der Waals surface area contributed by atoms with Crippen LogP contribution in [0.2, 0.25) is 0 Å². The Labute approximate surface area is 50.8 Å². The first-order chi connectivity index (χ1) is 3.93. The Bertz CT molecular complexity index is 88.6. The third kappa shape index (κ3) is 1.34. The Balaban J connectivity index is 2.11. The molecule has 1 aliphatic rings. The highest BCUT2D eigenvalue weighted by molar-refractivity contribution is 5.13. The molecule has 1 heteroatoms. The molecule has 0 unspecified atom stereocenters. The molecule has 0 spiro atoms. The average Bonchev–Trinajstić information content (AvgIpc) is 1.63. The van der Waals surface area contributed by atoms with E-state index in [-0.39, 0.29) is 0 Å². The molecule has 0 atom stereocenters. The van der Waals surface area contributed by atoms with E-state index in [2.05, 4.69) is 18.3 Å². The van der Waals surface area contributed by atoms with Gasteiger partial charge in [-0.15, -0.1) is 0 Å². The lowest BCUT2D eigenvalue weighted by Crippen LogP contribution is -2.33. The predicted octanol–water partition coefficient (Wildman–Crippen LogP) is 1.32. The maximum Gasteiger partial charge on any atom is 0.0180 e. The lowest BCUT2D eigenvalue weighted by molar-refractivity contribution is 0.661. The first kappa shape index (κ1) is 5.83. The van der Waals surface area contributed by atoms with Crippen molar-refractivity contribution in [3.8, 4) is 0 Å². The van der Waals surface area contributed by atoms with Gasteiger partial charge in [0.15, 0.2) is 0 Å². The molecule has 0 aliphatic carbocycles. The summed E-state index contributed by atoms with van der Waals surface area (Å²) in [6.07, 6.45) is 4.89. The first-order valence-electron chi connectivity index (χ1n) is 3.32. The van der Waals surface area contributed by atoms with E-state index in [0.29, 0.717) is 0 Å². The summed E-state index contributed by atoms with van der Waals surface area (Å²) in [5, 5.41) is 3.20. The normalized spacial score (nSPS) is 17.9. The molecule has 1 fully saturated rings. The van der Waals surface area contributed by atoms with E-state index in [4.69, 9.17) is 0 Å². The largest absolute Gasteiger partial charge is 0.309 e. The highest BCUT2D eigenvalue weighted by atomic mass is 14.9. The van der Waals surface area contributed by atoms with Crippen LogP contribution in [0.15, 0.2) is 11.6 Å². The number of nitrogens with one attached hydrogen (secondary N) is 1. The number of hydrogen-bond acceptors (Lipinski definition) is 1. The molecular weight excluding hydrogens is 98.1 g/mol. The summed E-state index contributed by atoms with van der Waals surface area (Å²) < 4.78 is 0. The van der Waals surface area contributed by atoms with Gasteiger partial charge in [-0.05, 0) is 12.0 Å². The minimum atomic E-state index is 1.14. The van der Waals surface area contributed by atoms with Gasteiger partial charge in [0.25, 0.3) is 0 Å². The fourth-order valence-electron chi connectivity index (χ4n) is 0.762. The molecule has 0 saturated carbocycles. The van der Waals surface area contributed by atoms with Crippen LogP contribution in [0.1, 0.15) is 19.8 Å². The Morgan fingerprint density at radius 3 is 2.75 bits per heavy atom. The van der Waals surface area contributed by atoms with Crippen LogP contribution in [-0.4, -0.2) is 13.1 Å². The van der Waals surface area contributed by atoms with Crippen molar-refractivity contribution in [3.63, 3.8) is 0 Å². The van der Waals surface area contributed by atoms with Crippen LogP contribution in [0, 0.1) is 0 Å². The smallest absolute Gasteiger partial charge is 0.0180 e. The van der Waals surface area contributed by atoms with Crippen molar-refractivity contribution in [2.75, 3.05) is 13.1 Å². The Morgan fingerprint density at radius 2 is 2.38 bits per heavy atom. The molecule has 0 aromatic carbocycles. The number of allylic oxidation sites excluding steroid dienone is 1. The van der Waals surface area contributed by atoms with Crippen LogP contribution < -0.4 is 5.32 Å². The Hall–Kier alpha value is -0.300. The molecular formula is C7H13N. The summed E-state index contributed by atoms with van der Waals surface area (Å²) in [5.74, 6) is 0. The molecule has 1 nitrogen and oxygen atoms in total. The molecule has 1 rings (SSSR count). The Kier molecular flexibility index (Phi) is 2.10. The molecule has 1 heterocycles. The number of unbranched alkanes of at least 4 members (excludes halogenated alkanes) is 1. The van der Waals surface area contributed by atoms with Crippen molar-refractivity contribution in [2.24, 2.45) is 0 Å². The van der Waals surface area contributed by atoms with E-state index in [1.54, 1.807) is 5.57 Å². The van der Waals surface area contributed by atoms with E-state index >= 15 is 0 Å². The second-order valence-electron chi connectivity index (χ2n) is 2.25. The average molecular weight is 111 g/mol. The van der Waals surface area contributed by atoms with E-state index in [0.717, 1.165) is 13.1 Å². The van der Waals surface area contributed by atoms with Crippen LogP contribution in [0.3, 0.4) is 0 Å². The molecule has 0 aromatic rings. The van der Waals surface area contributed by atoms with Crippen molar-refractivity contribution < 1.29 is 0 Å². The van der Waals surface area contributed by atoms with Gasteiger partial charge >= 0.3 is 0 Å². The van der Waals surface area contributed by atoms with Crippen molar-refractivity contribution in [2.45, 2.75) is 19.8 Å². The fourth-order valence-corrected chi connectivity index (χ4v) is 0.762. The fraction of sp³-hybridized carbons (Fsp3) is 0.714. The summed E-state index contributed by atoms with van der Waals surface area (Å²) in [5.41, 5.74) is 1.59. The van der Waals surface area contributed by atoms with Gasteiger partial charge < -0.3 is 5.32 Å². The highest BCUT2D eigenvalue weighted by Crippen LogP contribution is 2.02. The number of rotatable bonds is 2. The topological polar surface area (TPSA) is 12.0 Å². The molecule has 1 N–H and O–H groups in total. The Morgan fingerprint density at radius 1 is 1.62 bits per heavy atom. The van der Waals surface area contributed by atoms with Gasteiger partial charge in [0.05, 0.1) is 0 Å². The second-order valence-corrected chi connectivity index (χ2v) is 2.25. The summed E-state index contributed by atoms with van der Waals surface area (Å²) >= 11 is 0. The summed E-state index contributed by atoms with van der Waals surface area (Å²) in [7, 11) is 0. The molecule has 46 valence electrons. The maximum absolute atomic E-state index is 3.20. The van der Waals surface area contributed by atoms with Crippen molar-refractivity contribution in [3.05, 3.63) is 11.6 Å². The van der Waals surface area contributed by atoms with Crippen LogP contribution >= 0.6 is 0 Å². The molecule has 8 heavy (non-hydrogen) atoms. The minimum Gasteiger partial charge on any atom is -0.309 e. The molecule has 0 aromatic heterocycles. The van der Waals surface area contributed by atoms with Crippen LogP contribution in [0.25, 0.3) is 0 Å². The molecule has 0 amide bonds. The zero-order valence-electron chi connectivity index (χ0n) is 5.41. The highest BCUT2D eigenvalue weighted by Gasteiger charge is 2.03. The van der Waals surface area contributed by atoms with Crippen LogP contribution in [0.4, 0.5) is 0 Å². The van der Waals surface area contributed by atoms with Gasteiger partial charge in [-0.3, -0.25) is 0 Å². The molecule has 1 aliphatic heterocycles. The maximum atomic E-state index is 3.20.